The molecule has 8 aromatic carbocycles. The molecule has 0 spiro atoms. The second-order valence-corrected chi connectivity index (χ2v) is 15.6. The van der Waals surface area contributed by atoms with Crippen LogP contribution in [0.25, 0.3) is 78.1 Å². The van der Waals surface area contributed by atoms with Crippen molar-refractivity contribution in [2.24, 2.45) is 0 Å². The largest absolute Gasteiger partial charge is 0.262 e. The first kappa shape index (κ1) is 35.4. The van der Waals surface area contributed by atoms with Crippen LogP contribution in [0, 0.1) is 6.92 Å². The lowest BCUT2D eigenvalue weighted by Crippen LogP contribution is -2.28. The highest BCUT2D eigenvalue weighted by Crippen LogP contribution is 2.57. The van der Waals surface area contributed by atoms with E-state index in [1.807, 2.05) is 19.2 Å². The number of aromatic nitrogens is 3. The monoisotopic (exact) mass is 765 g/mol. The highest BCUT2D eigenvalue weighted by atomic mass is 14.9. The van der Waals surface area contributed by atoms with E-state index in [0.29, 0.717) is 5.82 Å². The maximum Gasteiger partial charge on any atom is 0.160 e. The molecule has 0 saturated carbocycles. The number of pyridine rings is 1. The lowest BCUT2D eigenvalue weighted by molar-refractivity contribution is 0.769. The SMILES string of the molecule is Cc1cc(-c2ccccc2-c2cccc(C3(c4ccccc4)c4ccccc4-c4cc(-c5nc(-c6ccccc6)cc(-c6cccc7ccccc67)n5)ccc43)c2)ccn1. The fourth-order valence-corrected chi connectivity index (χ4v) is 9.44. The highest BCUT2D eigenvalue weighted by Gasteiger charge is 2.46. The van der Waals surface area contributed by atoms with Gasteiger partial charge in [0.15, 0.2) is 5.82 Å². The molecule has 0 N–H and O–H groups in total. The zero-order chi connectivity index (χ0) is 40.0. The number of hydrogen-bond acceptors (Lipinski definition) is 3. The molecule has 1 aliphatic carbocycles. The summed E-state index contributed by atoms with van der Waals surface area (Å²) >= 11 is 0. The molecule has 0 fully saturated rings. The summed E-state index contributed by atoms with van der Waals surface area (Å²) in [4.78, 5) is 15.1. The smallest absolute Gasteiger partial charge is 0.160 e. The van der Waals surface area contributed by atoms with Crippen LogP contribution >= 0.6 is 0 Å². The zero-order valence-corrected chi connectivity index (χ0v) is 33.1. The Morgan fingerprint density at radius 1 is 0.367 bits per heavy atom. The first-order valence-corrected chi connectivity index (χ1v) is 20.5. The number of rotatable bonds is 7. The van der Waals surface area contributed by atoms with Gasteiger partial charge in [-0.25, -0.2) is 9.97 Å². The van der Waals surface area contributed by atoms with Gasteiger partial charge in [0.2, 0.25) is 0 Å². The predicted molar refractivity (Wildman–Crippen MR) is 247 cm³/mol. The molecule has 2 aromatic heterocycles. The lowest BCUT2D eigenvalue weighted by atomic mass is 9.67. The van der Waals surface area contributed by atoms with Crippen LogP contribution in [-0.4, -0.2) is 15.0 Å². The molecular formula is C57H39N3. The van der Waals surface area contributed by atoms with E-state index in [4.69, 9.17) is 9.97 Å². The van der Waals surface area contributed by atoms with Gasteiger partial charge in [-0.1, -0.05) is 182 Å². The summed E-state index contributed by atoms with van der Waals surface area (Å²) in [7, 11) is 0. The van der Waals surface area contributed by atoms with Crippen molar-refractivity contribution in [3.05, 3.63) is 246 Å². The molecule has 0 saturated heterocycles. The maximum absolute atomic E-state index is 5.35. The van der Waals surface area contributed by atoms with Gasteiger partial charge in [-0.2, -0.15) is 0 Å². The van der Waals surface area contributed by atoms with Crippen molar-refractivity contribution in [2.75, 3.05) is 0 Å². The van der Waals surface area contributed by atoms with E-state index in [1.165, 1.54) is 60.8 Å². The first-order valence-electron chi connectivity index (χ1n) is 20.5. The minimum Gasteiger partial charge on any atom is -0.262 e. The Morgan fingerprint density at radius 3 is 1.78 bits per heavy atom. The van der Waals surface area contributed by atoms with Gasteiger partial charge in [-0.15, -0.1) is 0 Å². The normalized spacial score (nSPS) is 14.2. The Morgan fingerprint density at radius 2 is 0.967 bits per heavy atom. The maximum atomic E-state index is 5.35. The minimum absolute atomic E-state index is 0.579. The van der Waals surface area contributed by atoms with E-state index in [2.05, 4.69) is 211 Å². The summed E-state index contributed by atoms with van der Waals surface area (Å²) in [5.74, 6) is 0.696. The molecule has 3 nitrogen and oxygen atoms in total. The van der Waals surface area contributed by atoms with Crippen LogP contribution in [0.1, 0.15) is 27.9 Å². The van der Waals surface area contributed by atoms with E-state index in [-0.39, 0.29) is 0 Å². The zero-order valence-electron chi connectivity index (χ0n) is 33.1. The van der Waals surface area contributed by atoms with Gasteiger partial charge in [-0.3, -0.25) is 4.98 Å². The molecule has 11 rings (SSSR count). The summed E-state index contributed by atoms with van der Waals surface area (Å²) in [6, 6.07) is 76.4. The predicted octanol–water partition coefficient (Wildman–Crippen LogP) is 14.0. The fraction of sp³-hybridized carbons (Fsp3) is 0.0351. The van der Waals surface area contributed by atoms with Crippen LogP contribution < -0.4 is 0 Å². The summed E-state index contributed by atoms with van der Waals surface area (Å²) in [6.07, 6.45) is 1.90. The molecule has 1 unspecified atom stereocenters. The van der Waals surface area contributed by atoms with Gasteiger partial charge < -0.3 is 0 Å². The number of hydrogen-bond donors (Lipinski definition) is 0. The molecule has 1 aliphatic rings. The van der Waals surface area contributed by atoms with Gasteiger partial charge in [0.1, 0.15) is 0 Å². The molecular weight excluding hydrogens is 727 g/mol. The van der Waals surface area contributed by atoms with Crippen molar-refractivity contribution in [1.29, 1.82) is 0 Å². The Bertz CT molecular complexity index is 3220. The molecule has 2 heterocycles. The van der Waals surface area contributed by atoms with Gasteiger partial charge in [0.25, 0.3) is 0 Å². The third-order valence-electron chi connectivity index (χ3n) is 12.1. The lowest BCUT2D eigenvalue weighted by Gasteiger charge is -2.34. The van der Waals surface area contributed by atoms with Crippen molar-refractivity contribution >= 4 is 10.8 Å². The number of nitrogens with zero attached hydrogens (tertiary/aromatic N) is 3. The molecule has 1 atom stereocenters. The Kier molecular flexibility index (Phi) is 8.60. The standard InChI is InChI=1S/C57H39N3/c1-38-34-42(32-33-58-38)48-26-11-10-25-47(48)41-20-14-23-45(35-41)57(44-21-6-3-7-22-44)52-29-13-12-27-49(52)51-36-43(30-31-53(51)57)56-59-54(40-17-4-2-5-18-40)37-55(60-56)50-28-15-19-39-16-8-9-24-46(39)50/h2-37H,1H3. The highest BCUT2D eigenvalue weighted by molar-refractivity contribution is 5.97. The molecule has 3 heteroatoms. The summed E-state index contributed by atoms with van der Waals surface area (Å²) in [5, 5.41) is 2.35. The first-order chi connectivity index (χ1) is 29.6. The van der Waals surface area contributed by atoms with Gasteiger partial charge >= 0.3 is 0 Å². The topological polar surface area (TPSA) is 38.7 Å². The van der Waals surface area contributed by atoms with Crippen molar-refractivity contribution in [2.45, 2.75) is 12.3 Å². The van der Waals surface area contributed by atoms with E-state index < -0.39 is 5.41 Å². The van der Waals surface area contributed by atoms with Crippen LogP contribution in [0.4, 0.5) is 0 Å². The molecule has 0 bridgehead atoms. The number of aryl methyl sites for hydroxylation is 1. The Balaban J connectivity index is 1.12. The van der Waals surface area contributed by atoms with Crippen molar-refractivity contribution in [3.8, 4) is 67.3 Å². The molecule has 0 amide bonds. The number of fused-ring (bicyclic) bond motifs is 4. The second kappa shape index (κ2) is 14.6. The summed E-state index contributed by atoms with van der Waals surface area (Å²) < 4.78 is 0. The van der Waals surface area contributed by atoms with E-state index in [0.717, 1.165) is 39.3 Å². The second-order valence-electron chi connectivity index (χ2n) is 15.6. The van der Waals surface area contributed by atoms with Gasteiger partial charge in [0.05, 0.1) is 16.8 Å². The van der Waals surface area contributed by atoms with E-state index in [1.54, 1.807) is 0 Å². The van der Waals surface area contributed by atoms with Crippen molar-refractivity contribution < 1.29 is 0 Å². The molecule has 0 radical (unpaired) electrons. The van der Waals surface area contributed by atoms with Crippen LogP contribution in [-0.2, 0) is 5.41 Å². The van der Waals surface area contributed by atoms with Crippen molar-refractivity contribution in [3.63, 3.8) is 0 Å². The van der Waals surface area contributed by atoms with Crippen LogP contribution in [0.15, 0.2) is 219 Å². The van der Waals surface area contributed by atoms with Crippen LogP contribution in [0.3, 0.4) is 0 Å². The quantitative estimate of drug-likeness (QED) is 0.162. The van der Waals surface area contributed by atoms with Gasteiger partial charge in [0, 0.05) is 28.6 Å². The average molecular weight is 766 g/mol. The number of benzene rings is 8. The average Bonchev–Trinajstić information content (AvgIpc) is 3.62. The molecule has 282 valence electrons. The Labute approximate surface area is 350 Å². The third-order valence-corrected chi connectivity index (χ3v) is 12.1. The van der Waals surface area contributed by atoms with E-state index in [9.17, 15) is 0 Å². The molecule has 10 aromatic rings. The fourth-order valence-electron chi connectivity index (χ4n) is 9.44. The Hall–Kier alpha value is -7.75. The van der Waals surface area contributed by atoms with Crippen LogP contribution in [0.2, 0.25) is 0 Å². The van der Waals surface area contributed by atoms with E-state index >= 15 is 0 Å². The van der Waals surface area contributed by atoms with Gasteiger partial charge in [-0.05, 0) is 104 Å². The van der Waals surface area contributed by atoms with Crippen LogP contribution in [0.5, 0.6) is 0 Å². The third kappa shape index (κ3) is 5.86. The summed E-state index contributed by atoms with van der Waals surface area (Å²) in [5.41, 5.74) is 17.4. The van der Waals surface area contributed by atoms with Crippen molar-refractivity contribution in [1.82, 2.24) is 15.0 Å². The summed E-state index contributed by atoms with van der Waals surface area (Å²) in [6.45, 7) is 2.05. The molecule has 0 aliphatic heterocycles. The molecule has 60 heavy (non-hydrogen) atoms. The minimum atomic E-state index is -0.579.